The van der Waals surface area contributed by atoms with Crippen LogP contribution in [0.1, 0.15) is 40.8 Å². The molecule has 3 aromatic rings. The lowest BCUT2D eigenvalue weighted by Gasteiger charge is -2.26. The Morgan fingerprint density at radius 1 is 0.919 bits per heavy atom. The highest BCUT2D eigenvalue weighted by molar-refractivity contribution is 5.83. The van der Waals surface area contributed by atoms with Crippen molar-refractivity contribution in [3.8, 4) is 5.75 Å². The second-order valence-electron chi connectivity index (χ2n) is 8.14. The van der Waals surface area contributed by atoms with Crippen LogP contribution in [0.4, 0.5) is 30.7 Å². The summed E-state index contributed by atoms with van der Waals surface area (Å²) < 4.78 is 95.1. The summed E-state index contributed by atoms with van der Waals surface area (Å²) in [4.78, 5) is 12.7. The van der Waals surface area contributed by atoms with E-state index >= 15 is 4.39 Å². The maximum Gasteiger partial charge on any atom is 0.573 e. The van der Waals surface area contributed by atoms with Crippen LogP contribution in [-0.2, 0) is 17.4 Å². The zero-order chi connectivity index (χ0) is 27.2. The number of ether oxygens (including phenoxy) is 1. The van der Waals surface area contributed by atoms with Crippen LogP contribution in [0.5, 0.6) is 5.75 Å². The lowest BCUT2D eigenvalue weighted by atomic mass is 9.95. The van der Waals surface area contributed by atoms with Gasteiger partial charge in [-0.25, -0.2) is 4.39 Å². The Morgan fingerprint density at radius 2 is 1.57 bits per heavy atom. The Hall–Kier alpha value is -3.60. The highest BCUT2D eigenvalue weighted by atomic mass is 19.4. The van der Waals surface area contributed by atoms with Crippen LogP contribution in [0.3, 0.4) is 0 Å². The van der Waals surface area contributed by atoms with Gasteiger partial charge in [0.2, 0.25) is 5.91 Å². The predicted molar refractivity (Wildman–Crippen MR) is 122 cm³/mol. The van der Waals surface area contributed by atoms with E-state index in [0.717, 1.165) is 24.3 Å². The van der Waals surface area contributed by atoms with Gasteiger partial charge in [-0.1, -0.05) is 48.5 Å². The molecule has 2 unspecified atom stereocenters. The van der Waals surface area contributed by atoms with Crippen molar-refractivity contribution < 1.29 is 40.3 Å². The van der Waals surface area contributed by atoms with E-state index < -0.39 is 47.7 Å². The monoisotopic (exact) mass is 528 g/mol. The average Bonchev–Trinajstić information content (AvgIpc) is 2.83. The highest BCUT2D eigenvalue weighted by Gasteiger charge is 2.32. The van der Waals surface area contributed by atoms with Crippen molar-refractivity contribution in [2.45, 2.75) is 37.5 Å². The van der Waals surface area contributed by atoms with Crippen molar-refractivity contribution in [1.29, 1.82) is 0 Å². The summed E-state index contributed by atoms with van der Waals surface area (Å²) in [6.45, 7) is 0. The van der Waals surface area contributed by atoms with Crippen molar-refractivity contribution in [3.05, 3.63) is 101 Å². The minimum absolute atomic E-state index is 0.0359. The number of carbonyl (C=O) groups excluding carboxylic acids is 1. The quantitative estimate of drug-likeness (QED) is 0.312. The predicted octanol–water partition coefficient (Wildman–Crippen LogP) is 6.49. The second kappa shape index (κ2) is 11.6. The van der Waals surface area contributed by atoms with Gasteiger partial charge in [0.1, 0.15) is 17.6 Å². The van der Waals surface area contributed by atoms with E-state index in [1.54, 1.807) is 30.3 Å². The van der Waals surface area contributed by atoms with Gasteiger partial charge in [-0.2, -0.15) is 13.2 Å². The molecule has 0 saturated carbocycles. The number of likely N-dealkylation sites (N-methyl/N-ethyl adjacent to an activating group) is 1. The fraction of sp³-hybridized carbons (Fsp3) is 0.269. The molecule has 0 heterocycles. The summed E-state index contributed by atoms with van der Waals surface area (Å²) in [6, 6.07) is 13.8. The molecule has 0 aromatic heterocycles. The molecule has 0 spiro atoms. The van der Waals surface area contributed by atoms with Crippen molar-refractivity contribution in [2.24, 2.45) is 0 Å². The summed E-state index contributed by atoms with van der Waals surface area (Å²) >= 11 is 0. The molecule has 0 saturated heterocycles. The molecular formula is C26H23F7N2O2. The normalized spacial score (nSPS) is 13.6. The number of amides is 1. The molecule has 1 amide bonds. The van der Waals surface area contributed by atoms with Gasteiger partial charge < -0.3 is 10.1 Å². The molecule has 11 heteroatoms. The number of hydrogen-bond donors (Lipinski definition) is 2. The van der Waals surface area contributed by atoms with Crippen molar-refractivity contribution in [3.63, 3.8) is 0 Å². The number of alkyl halides is 6. The second-order valence-corrected chi connectivity index (χ2v) is 8.14. The van der Waals surface area contributed by atoms with Gasteiger partial charge >= 0.3 is 12.5 Å². The van der Waals surface area contributed by atoms with Gasteiger partial charge in [0.25, 0.3) is 0 Å². The SMILES string of the molecule is CNC(=O)C(NC(CCc1ccc(C(F)(F)F)cc1)c1ccc(OC(F)(F)F)cc1F)c1ccccc1. The topological polar surface area (TPSA) is 50.4 Å². The third-order valence-electron chi connectivity index (χ3n) is 5.59. The van der Waals surface area contributed by atoms with E-state index in [-0.39, 0.29) is 18.4 Å². The van der Waals surface area contributed by atoms with Gasteiger partial charge in [0, 0.05) is 24.7 Å². The van der Waals surface area contributed by atoms with Gasteiger partial charge in [-0.05, 0) is 42.2 Å². The van der Waals surface area contributed by atoms with Crippen molar-refractivity contribution >= 4 is 5.91 Å². The first-order valence-corrected chi connectivity index (χ1v) is 11.1. The third kappa shape index (κ3) is 7.94. The van der Waals surface area contributed by atoms with E-state index in [9.17, 15) is 31.1 Å². The highest BCUT2D eigenvalue weighted by Crippen LogP contribution is 2.32. The van der Waals surface area contributed by atoms with Crippen LogP contribution < -0.4 is 15.4 Å². The number of aryl methyl sites for hydroxylation is 1. The molecule has 37 heavy (non-hydrogen) atoms. The number of carbonyl (C=O) groups is 1. The zero-order valence-corrected chi connectivity index (χ0v) is 19.5. The molecule has 2 atom stereocenters. The molecule has 0 aliphatic carbocycles. The lowest BCUT2D eigenvalue weighted by molar-refractivity contribution is -0.274. The summed E-state index contributed by atoms with van der Waals surface area (Å²) in [6.07, 6.45) is -9.21. The molecular weight excluding hydrogens is 505 g/mol. The van der Waals surface area contributed by atoms with Gasteiger partial charge in [0.15, 0.2) is 0 Å². The fourth-order valence-electron chi connectivity index (χ4n) is 3.80. The summed E-state index contributed by atoms with van der Waals surface area (Å²) in [5.41, 5.74) is 0.222. The van der Waals surface area contributed by atoms with Crippen LogP contribution in [0, 0.1) is 5.82 Å². The van der Waals surface area contributed by atoms with E-state index in [1.807, 2.05) is 0 Å². The van der Waals surface area contributed by atoms with Crippen LogP contribution >= 0.6 is 0 Å². The molecule has 198 valence electrons. The molecule has 3 rings (SSSR count). The van der Waals surface area contributed by atoms with E-state index in [0.29, 0.717) is 17.2 Å². The average molecular weight is 528 g/mol. The van der Waals surface area contributed by atoms with E-state index in [1.165, 1.54) is 19.2 Å². The smallest absolute Gasteiger partial charge is 0.406 e. The Labute approximate surface area is 208 Å². The lowest BCUT2D eigenvalue weighted by Crippen LogP contribution is -2.38. The molecule has 0 aliphatic rings. The maximum absolute atomic E-state index is 15.0. The van der Waals surface area contributed by atoms with Gasteiger partial charge in [0.05, 0.1) is 5.56 Å². The maximum atomic E-state index is 15.0. The molecule has 0 bridgehead atoms. The van der Waals surface area contributed by atoms with Gasteiger partial charge in [-0.3, -0.25) is 10.1 Å². The van der Waals surface area contributed by atoms with E-state index in [4.69, 9.17) is 0 Å². The largest absolute Gasteiger partial charge is 0.573 e. The summed E-state index contributed by atoms with van der Waals surface area (Å²) in [7, 11) is 1.42. The van der Waals surface area contributed by atoms with Crippen LogP contribution in [0.2, 0.25) is 0 Å². The Bertz CT molecular complexity index is 1180. The Morgan fingerprint density at radius 3 is 2.11 bits per heavy atom. The summed E-state index contributed by atoms with van der Waals surface area (Å²) in [5.74, 6) is -2.19. The van der Waals surface area contributed by atoms with Crippen molar-refractivity contribution in [1.82, 2.24) is 10.6 Å². The first-order valence-electron chi connectivity index (χ1n) is 11.1. The first kappa shape index (κ1) is 28.0. The van der Waals surface area contributed by atoms with Crippen LogP contribution in [0.15, 0.2) is 72.8 Å². The van der Waals surface area contributed by atoms with Crippen LogP contribution in [-0.4, -0.2) is 19.3 Å². The number of rotatable bonds is 9. The molecule has 2 N–H and O–H groups in total. The molecule has 0 fully saturated rings. The molecule has 0 aliphatic heterocycles. The van der Waals surface area contributed by atoms with Gasteiger partial charge in [-0.15, -0.1) is 13.2 Å². The number of hydrogen-bond acceptors (Lipinski definition) is 3. The zero-order valence-electron chi connectivity index (χ0n) is 19.5. The summed E-state index contributed by atoms with van der Waals surface area (Å²) in [5, 5.41) is 5.57. The van der Waals surface area contributed by atoms with Crippen LogP contribution in [0.25, 0.3) is 0 Å². The minimum atomic E-state index is -5.01. The molecule has 0 radical (unpaired) electrons. The Balaban J connectivity index is 1.92. The third-order valence-corrected chi connectivity index (χ3v) is 5.59. The Kier molecular flexibility index (Phi) is 8.80. The first-order chi connectivity index (χ1) is 17.4. The number of benzene rings is 3. The number of halogens is 7. The minimum Gasteiger partial charge on any atom is -0.406 e. The van der Waals surface area contributed by atoms with E-state index in [2.05, 4.69) is 15.4 Å². The fourth-order valence-corrected chi connectivity index (χ4v) is 3.80. The standard InChI is InChI=1S/C26H23F7N2O2/c1-34-24(36)23(17-5-3-2-4-6-17)35-22(14-9-16-7-10-18(11-8-16)25(28,29)30)20-13-12-19(15-21(20)27)37-26(31,32)33/h2-8,10-13,15,22-23,35H,9,14H2,1H3,(H,34,36). The molecule has 3 aromatic carbocycles. The number of nitrogens with one attached hydrogen (secondary N) is 2. The van der Waals surface area contributed by atoms with Crippen molar-refractivity contribution in [2.75, 3.05) is 7.05 Å². The molecule has 4 nitrogen and oxygen atoms in total.